The summed E-state index contributed by atoms with van der Waals surface area (Å²) in [6.45, 7) is 0.882. The van der Waals surface area contributed by atoms with E-state index in [1.807, 2.05) is 7.05 Å². The van der Waals surface area contributed by atoms with E-state index in [1.165, 1.54) is 6.20 Å². The summed E-state index contributed by atoms with van der Waals surface area (Å²) in [4.78, 5) is 0. The van der Waals surface area contributed by atoms with Crippen LogP contribution in [0.3, 0.4) is 0 Å². The molecular formula is C5H14N4. The summed E-state index contributed by atoms with van der Waals surface area (Å²) in [6.07, 6.45) is 2.31. The first-order valence-electron chi connectivity index (χ1n) is 2.87. The van der Waals surface area contributed by atoms with E-state index in [0.717, 1.165) is 18.7 Å². The summed E-state index contributed by atoms with van der Waals surface area (Å²) in [5.74, 6) is 5.10. The van der Waals surface area contributed by atoms with Crippen LogP contribution < -0.4 is 22.3 Å². The summed E-state index contributed by atoms with van der Waals surface area (Å²) >= 11 is 0. The number of hydrogen-bond donors (Lipinski definition) is 4. The van der Waals surface area contributed by atoms with Gasteiger partial charge in [0.1, 0.15) is 0 Å². The maximum atomic E-state index is 5.19. The van der Waals surface area contributed by atoms with Gasteiger partial charge in [-0.1, -0.05) is 0 Å². The molecule has 0 spiro atoms. The molecule has 0 unspecified atom stereocenters. The van der Waals surface area contributed by atoms with E-state index in [0.29, 0.717) is 0 Å². The second kappa shape index (κ2) is 5.40. The molecule has 0 saturated heterocycles. The summed E-state index contributed by atoms with van der Waals surface area (Å²) in [5.41, 5.74) is 8.53. The third-order valence-electron chi connectivity index (χ3n) is 1.03. The highest BCUT2D eigenvalue weighted by Crippen LogP contribution is 1.88. The van der Waals surface area contributed by atoms with Crippen molar-refractivity contribution in [1.82, 2.24) is 10.7 Å². The standard InChI is InChI=1S/C5H14N4/c1-8-3-2-5(4-6)9-7/h4,8-9H,2-3,6-7H2,1H3/b5-4-. The predicted molar refractivity (Wildman–Crippen MR) is 38.1 cm³/mol. The van der Waals surface area contributed by atoms with Crippen LogP contribution in [0, 0.1) is 0 Å². The van der Waals surface area contributed by atoms with Crippen LogP contribution in [0.15, 0.2) is 11.9 Å². The van der Waals surface area contributed by atoms with Gasteiger partial charge < -0.3 is 16.5 Å². The summed E-state index contributed by atoms with van der Waals surface area (Å²) in [7, 11) is 1.88. The highest BCUT2D eigenvalue weighted by atomic mass is 15.2. The molecule has 0 aromatic rings. The van der Waals surface area contributed by atoms with Crippen LogP contribution >= 0.6 is 0 Å². The molecule has 0 atom stereocenters. The van der Waals surface area contributed by atoms with E-state index in [-0.39, 0.29) is 0 Å². The van der Waals surface area contributed by atoms with Gasteiger partial charge in [-0.2, -0.15) is 0 Å². The van der Waals surface area contributed by atoms with Crippen LogP contribution in [0.5, 0.6) is 0 Å². The Morgan fingerprint density at radius 3 is 2.67 bits per heavy atom. The monoisotopic (exact) mass is 130 g/mol. The number of hydrogen-bond acceptors (Lipinski definition) is 4. The maximum Gasteiger partial charge on any atom is 0.0426 e. The van der Waals surface area contributed by atoms with Crippen LogP contribution in [-0.4, -0.2) is 13.6 Å². The highest BCUT2D eigenvalue weighted by Gasteiger charge is 1.88. The SMILES string of the molecule is CNCC/C(=C/N)NN. The molecule has 9 heavy (non-hydrogen) atoms. The molecule has 0 aromatic carbocycles. The number of nitrogens with one attached hydrogen (secondary N) is 2. The molecule has 4 heteroatoms. The normalized spacial score (nSPS) is 11.6. The number of nitrogens with two attached hydrogens (primary N) is 2. The first-order valence-corrected chi connectivity index (χ1v) is 2.87. The Balaban J connectivity index is 3.33. The molecule has 54 valence electrons. The fourth-order valence-electron chi connectivity index (χ4n) is 0.463. The molecule has 0 amide bonds. The average Bonchev–Trinajstić information content (AvgIpc) is 1.91. The number of hydrazine groups is 1. The molecule has 0 aliphatic carbocycles. The largest absolute Gasteiger partial charge is 0.403 e. The molecule has 0 bridgehead atoms. The highest BCUT2D eigenvalue weighted by molar-refractivity contribution is 4.94. The molecule has 0 saturated carbocycles. The molecule has 6 N–H and O–H groups in total. The van der Waals surface area contributed by atoms with E-state index >= 15 is 0 Å². The van der Waals surface area contributed by atoms with Gasteiger partial charge in [-0.3, -0.25) is 5.84 Å². The molecular weight excluding hydrogens is 116 g/mol. The van der Waals surface area contributed by atoms with E-state index in [2.05, 4.69) is 10.7 Å². The molecule has 0 aliphatic rings. The lowest BCUT2D eigenvalue weighted by Gasteiger charge is -2.02. The lowest BCUT2D eigenvalue weighted by molar-refractivity contribution is 0.724. The third kappa shape index (κ3) is 3.81. The molecule has 0 radical (unpaired) electrons. The van der Waals surface area contributed by atoms with Crippen LogP contribution in [0.4, 0.5) is 0 Å². The summed E-state index contributed by atoms with van der Waals surface area (Å²) in [5, 5.41) is 2.97. The second-order valence-corrected chi connectivity index (χ2v) is 1.69. The molecule has 0 aromatic heterocycles. The minimum absolute atomic E-state index is 0.837. The van der Waals surface area contributed by atoms with Crippen molar-refractivity contribution in [2.24, 2.45) is 11.6 Å². The van der Waals surface area contributed by atoms with Gasteiger partial charge in [-0.25, -0.2) is 0 Å². The van der Waals surface area contributed by atoms with Gasteiger partial charge in [0.25, 0.3) is 0 Å². The Morgan fingerprint density at radius 1 is 1.67 bits per heavy atom. The van der Waals surface area contributed by atoms with Gasteiger partial charge in [0.15, 0.2) is 0 Å². The zero-order valence-electron chi connectivity index (χ0n) is 5.65. The average molecular weight is 130 g/mol. The quantitative estimate of drug-likeness (QED) is 0.286. The molecule has 4 nitrogen and oxygen atoms in total. The van der Waals surface area contributed by atoms with Crippen LogP contribution in [0.2, 0.25) is 0 Å². The maximum absolute atomic E-state index is 5.19. The van der Waals surface area contributed by atoms with Gasteiger partial charge in [-0.05, 0) is 7.05 Å². The fourth-order valence-corrected chi connectivity index (χ4v) is 0.463. The fraction of sp³-hybridized carbons (Fsp3) is 0.600. The molecule has 0 rings (SSSR count). The van der Waals surface area contributed by atoms with Gasteiger partial charge >= 0.3 is 0 Å². The summed E-state index contributed by atoms with van der Waals surface area (Å²) in [6, 6.07) is 0. The van der Waals surface area contributed by atoms with E-state index in [1.54, 1.807) is 0 Å². The van der Waals surface area contributed by atoms with Gasteiger partial charge in [0.05, 0.1) is 0 Å². The lowest BCUT2D eigenvalue weighted by Crippen LogP contribution is -2.24. The zero-order chi connectivity index (χ0) is 7.11. The van der Waals surface area contributed by atoms with Crippen molar-refractivity contribution < 1.29 is 0 Å². The Morgan fingerprint density at radius 2 is 2.33 bits per heavy atom. The Bertz CT molecular complexity index is 89.0. The number of rotatable bonds is 4. The minimum atomic E-state index is 0.837. The second-order valence-electron chi connectivity index (χ2n) is 1.69. The summed E-state index contributed by atoms with van der Waals surface area (Å²) < 4.78 is 0. The molecule has 0 heterocycles. The van der Waals surface area contributed by atoms with E-state index in [4.69, 9.17) is 11.6 Å². The van der Waals surface area contributed by atoms with Crippen molar-refractivity contribution in [3.63, 3.8) is 0 Å². The smallest absolute Gasteiger partial charge is 0.0426 e. The van der Waals surface area contributed by atoms with E-state index < -0.39 is 0 Å². The van der Waals surface area contributed by atoms with Crippen LogP contribution in [-0.2, 0) is 0 Å². The Labute approximate surface area is 55.3 Å². The molecule has 0 fully saturated rings. The van der Waals surface area contributed by atoms with Crippen LogP contribution in [0.25, 0.3) is 0 Å². The topological polar surface area (TPSA) is 76.1 Å². The van der Waals surface area contributed by atoms with Crippen molar-refractivity contribution in [1.29, 1.82) is 0 Å². The minimum Gasteiger partial charge on any atom is -0.403 e. The van der Waals surface area contributed by atoms with Crippen LogP contribution in [0.1, 0.15) is 6.42 Å². The van der Waals surface area contributed by atoms with Crippen molar-refractivity contribution in [2.45, 2.75) is 6.42 Å². The molecule has 0 aliphatic heterocycles. The predicted octanol–water partition coefficient (Wildman–Crippen LogP) is -1.14. The van der Waals surface area contributed by atoms with Gasteiger partial charge in [0.2, 0.25) is 0 Å². The lowest BCUT2D eigenvalue weighted by atomic mass is 10.3. The first kappa shape index (κ1) is 8.26. The van der Waals surface area contributed by atoms with Crippen molar-refractivity contribution in [3.8, 4) is 0 Å². The van der Waals surface area contributed by atoms with Crippen molar-refractivity contribution >= 4 is 0 Å². The van der Waals surface area contributed by atoms with Crippen molar-refractivity contribution in [3.05, 3.63) is 11.9 Å². The van der Waals surface area contributed by atoms with Gasteiger partial charge in [-0.15, -0.1) is 0 Å². The first-order chi connectivity index (χ1) is 4.35. The van der Waals surface area contributed by atoms with Crippen molar-refractivity contribution in [2.75, 3.05) is 13.6 Å². The van der Waals surface area contributed by atoms with Gasteiger partial charge in [0, 0.05) is 24.9 Å². The zero-order valence-corrected chi connectivity index (χ0v) is 5.65. The third-order valence-corrected chi connectivity index (χ3v) is 1.03. The Hall–Kier alpha value is -0.740. The Kier molecular flexibility index (Phi) is 4.95. The van der Waals surface area contributed by atoms with E-state index in [9.17, 15) is 0 Å².